The SMILES string of the molecule is COc1ccc(NC2NC(C(=O)[n+]3ccc4ccccc4c3)C[SH+]2)cc1. The molecule has 132 valence electrons. The van der Waals surface area contributed by atoms with Crippen LogP contribution in [-0.2, 0) is 11.8 Å². The fraction of sp³-hybridized carbons (Fsp3) is 0.200. The van der Waals surface area contributed by atoms with Crippen LogP contribution in [0, 0.1) is 0 Å². The Balaban J connectivity index is 1.42. The molecule has 4 rings (SSSR count). The normalized spacial score (nSPS) is 19.4. The second kappa shape index (κ2) is 7.35. The molecule has 3 aromatic rings. The lowest BCUT2D eigenvalue weighted by Gasteiger charge is -2.10. The molecule has 26 heavy (non-hydrogen) atoms. The maximum Gasteiger partial charge on any atom is 0.414 e. The van der Waals surface area contributed by atoms with E-state index in [1.807, 2.05) is 67.0 Å². The zero-order chi connectivity index (χ0) is 17.9. The van der Waals surface area contributed by atoms with Gasteiger partial charge in [-0.2, -0.15) is 0 Å². The van der Waals surface area contributed by atoms with Gasteiger partial charge < -0.3 is 10.1 Å². The monoisotopic (exact) mass is 367 g/mol. The highest BCUT2D eigenvalue weighted by Crippen LogP contribution is 2.17. The van der Waals surface area contributed by atoms with Crippen LogP contribution in [0.3, 0.4) is 0 Å². The summed E-state index contributed by atoms with van der Waals surface area (Å²) in [4.78, 5) is 12.8. The summed E-state index contributed by atoms with van der Waals surface area (Å²) in [5.74, 6) is 1.68. The van der Waals surface area contributed by atoms with Gasteiger partial charge in [0.05, 0.1) is 7.11 Å². The fourth-order valence-corrected chi connectivity index (χ4v) is 4.25. The van der Waals surface area contributed by atoms with Gasteiger partial charge in [-0.25, -0.2) is 10.1 Å². The predicted octanol–water partition coefficient (Wildman–Crippen LogP) is 1.96. The first-order valence-corrected chi connectivity index (χ1v) is 9.65. The first kappa shape index (κ1) is 16.9. The van der Waals surface area contributed by atoms with E-state index in [0.717, 1.165) is 39.7 Å². The molecule has 6 heteroatoms. The number of benzene rings is 2. The molecule has 0 radical (unpaired) electrons. The lowest BCUT2D eigenvalue weighted by atomic mass is 10.2. The number of carbonyl (C=O) groups is 1. The standard InChI is InChI=1S/C20H20N3O2S/c1-25-17-8-6-16(7-9-17)21-20-22-18(13-26-20)19(24)23-11-10-14-4-2-3-5-15(14)12-23/h2-12,18,20-22H,13H2,1H3/q+1/p+1. The zero-order valence-corrected chi connectivity index (χ0v) is 15.3. The number of hydrogen-bond donors (Lipinski definition) is 2. The molecular weight excluding hydrogens is 346 g/mol. The van der Waals surface area contributed by atoms with E-state index in [-0.39, 0.29) is 17.4 Å². The van der Waals surface area contributed by atoms with Gasteiger partial charge in [-0.3, -0.25) is 0 Å². The number of methoxy groups -OCH3 is 1. The lowest BCUT2D eigenvalue weighted by Crippen LogP contribution is -2.54. The maximum absolute atomic E-state index is 12.8. The molecule has 0 bridgehead atoms. The molecule has 1 aliphatic heterocycles. The minimum Gasteiger partial charge on any atom is -0.497 e. The topological polar surface area (TPSA) is 54.2 Å². The third-order valence-corrected chi connectivity index (χ3v) is 5.68. The van der Waals surface area contributed by atoms with Crippen molar-refractivity contribution in [3.8, 4) is 5.75 Å². The number of carbonyl (C=O) groups excluding carboxylic acids is 1. The summed E-state index contributed by atoms with van der Waals surface area (Å²) >= 11 is 1.16. The molecule has 1 fully saturated rings. The van der Waals surface area contributed by atoms with Crippen molar-refractivity contribution in [2.45, 2.75) is 11.5 Å². The molecule has 2 heterocycles. The lowest BCUT2D eigenvalue weighted by molar-refractivity contribution is -0.573. The Labute approximate surface area is 156 Å². The average Bonchev–Trinajstić information content (AvgIpc) is 3.16. The predicted molar refractivity (Wildman–Crippen MR) is 106 cm³/mol. The van der Waals surface area contributed by atoms with Gasteiger partial charge in [-0.15, -0.1) is 4.57 Å². The van der Waals surface area contributed by atoms with Gasteiger partial charge in [-0.1, -0.05) is 18.2 Å². The molecule has 0 aliphatic carbocycles. The van der Waals surface area contributed by atoms with E-state index in [1.165, 1.54) is 0 Å². The highest BCUT2D eigenvalue weighted by molar-refractivity contribution is 7.79. The van der Waals surface area contributed by atoms with Crippen LogP contribution in [0.4, 0.5) is 5.69 Å². The van der Waals surface area contributed by atoms with Crippen LogP contribution in [0.15, 0.2) is 67.0 Å². The minimum atomic E-state index is -0.196. The third kappa shape index (κ3) is 3.52. The van der Waals surface area contributed by atoms with Crippen molar-refractivity contribution < 1.29 is 14.1 Å². The number of hydrogen-bond acceptors (Lipinski definition) is 4. The summed E-state index contributed by atoms with van der Waals surface area (Å²) < 4.78 is 6.86. The Morgan fingerprint density at radius 1 is 1.15 bits per heavy atom. The summed E-state index contributed by atoms with van der Waals surface area (Å²) in [6.07, 6.45) is 3.74. The van der Waals surface area contributed by atoms with Crippen LogP contribution < -0.4 is 19.9 Å². The van der Waals surface area contributed by atoms with Crippen LogP contribution >= 0.6 is 0 Å². The number of nitrogens with zero attached hydrogens (tertiary/aromatic N) is 1. The van der Waals surface area contributed by atoms with Crippen LogP contribution in [-0.4, -0.2) is 30.3 Å². The van der Waals surface area contributed by atoms with Gasteiger partial charge in [0.1, 0.15) is 11.5 Å². The van der Waals surface area contributed by atoms with E-state index in [9.17, 15) is 4.79 Å². The molecule has 5 nitrogen and oxygen atoms in total. The minimum absolute atomic E-state index is 0.0541. The number of pyridine rings is 1. The largest absolute Gasteiger partial charge is 0.497 e. The summed E-state index contributed by atoms with van der Waals surface area (Å²) in [7, 11) is 1.65. The first-order valence-electron chi connectivity index (χ1n) is 8.50. The van der Waals surface area contributed by atoms with Crippen molar-refractivity contribution in [2.75, 3.05) is 18.2 Å². The van der Waals surface area contributed by atoms with E-state index < -0.39 is 0 Å². The summed E-state index contributed by atoms with van der Waals surface area (Å²) in [6.45, 7) is 0. The second-order valence-electron chi connectivity index (χ2n) is 6.18. The van der Waals surface area contributed by atoms with Gasteiger partial charge in [0.2, 0.25) is 5.50 Å². The Kier molecular flexibility index (Phi) is 4.77. The van der Waals surface area contributed by atoms with Crippen molar-refractivity contribution in [2.24, 2.45) is 0 Å². The zero-order valence-electron chi connectivity index (χ0n) is 14.4. The molecule has 1 aromatic heterocycles. The first-order chi connectivity index (χ1) is 12.7. The van der Waals surface area contributed by atoms with Crippen LogP contribution in [0.2, 0.25) is 0 Å². The molecule has 2 N–H and O–H groups in total. The highest BCUT2D eigenvalue weighted by atomic mass is 32.2. The molecular formula is C20H21N3O2S+2. The Bertz CT molecular complexity index is 930. The van der Waals surface area contributed by atoms with Gasteiger partial charge in [0.15, 0.2) is 18.4 Å². The van der Waals surface area contributed by atoms with Crippen LogP contribution in [0.25, 0.3) is 10.8 Å². The van der Waals surface area contributed by atoms with Gasteiger partial charge in [-0.05, 0) is 35.7 Å². The maximum atomic E-state index is 12.8. The average molecular weight is 367 g/mol. The summed E-state index contributed by atoms with van der Waals surface area (Å²) in [5, 5.41) is 9.00. The molecule has 0 spiro atoms. The molecule has 0 amide bonds. The summed E-state index contributed by atoms with van der Waals surface area (Å²) in [5.41, 5.74) is 1.06. The number of ether oxygens (including phenoxy) is 1. The van der Waals surface area contributed by atoms with Gasteiger partial charge in [0.25, 0.3) is 0 Å². The smallest absolute Gasteiger partial charge is 0.414 e. The van der Waals surface area contributed by atoms with Crippen LogP contribution in [0.1, 0.15) is 4.79 Å². The van der Waals surface area contributed by atoms with Crippen molar-refractivity contribution in [3.63, 3.8) is 0 Å². The number of thiol groups is 1. The van der Waals surface area contributed by atoms with Crippen molar-refractivity contribution in [3.05, 3.63) is 67.0 Å². The summed E-state index contributed by atoms with van der Waals surface area (Å²) in [6, 6.07) is 17.6. The Morgan fingerprint density at radius 3 is 2.69 bits per heavy atom. The van der Waals surface area contributed by atoms with Gasteiger partial charge in [0, 0.05) is 28.9 Å². The van der Waals surface area contributed by atoms with E-state index >= 15 is 0 Å². The quantitative estimate of drug-likeness (QED) is 0.421. The van der Waals surface area contributed by atoms with Gasteiger partial charge >= 0.3 is 5.91 Å². The third-order valence-electron chi connectivity index (χ3n) is 4.46. The van der Waals surface area contributed by atoms with Crippen molar-refractivity contribution in [1.82, 2.24) is 5.32 Å². The highest BCUT2D eigenvalue weighted by Gasteiger charge is 2.40. The molecule has 2 unspecified atom stereocenters. The number of rotatable bonds is 4. The number of fused-ring (bicyclic) bond motifs is 1. The molecule has 1 aliphatic rings. The molecule has 2 atom stereocenters. The van der Waals surface area contributed by atoms with E-state index in [4.69, 9.17) is 4.74 Å². The van der Waals surface area contributed by atoms with E-state index in [1.54, 1.807) is 11.7 Å². The molecule has 1 saturated heterocycles. The fourth-order valence-electron chi connectivity index (χ4n) is 3.04. The number of anilines is 1. The van der Waals surface area contributed by atoms with Crippen molar-refractivity contribution in [1.29, 1.82) is 0 Å². The number of aromatic nitrogens is 1. The van der Waals surface area contributed by atoms with Crippen molar-refractivity contribution >= 4 is 34.1 Å². The van der Waals surface area contributed by atoms with E-state index in [0.29, 0.717) is 0 Å². The Hall–Kier alpha value is -2.57. The molecule has 2 aromatic carbocycles. The molecule has 0 saturated carbocycles. The number of nitrogens with one attached hydrogen (secondary N) is 2. The Morgan fingerprint density at radius 2 is 1.92 bits per heavy atom. The second-order valence-corrected chi connectivity index (χ2v) is 7.43. The van der Waals surface area contributed by atoms with E-state index in [2.05, 4.69) is 10.6 Å². The van der Waals surface area contributed by atoms with Crippen LogP contribution in [0.5, 0.6) is 5.75 Å².